The van der Waals surface area contributed by atoms with E-state index in [2.05, 4.69) is 24.0 Å². The third-order valence-electron chi connectivity index (χ3n) is 1.98. The maximum atomic E-state index is 5.00. The normalized spacial score (nSPS) is 16.5. The maximum Gasteiger partial charge on any atom is 2.00 e. The minimum atomic E-state index is 0. The second kappa shape index (κ2) is 20.5. The first-order chi connectivity index (χ1) is 8.86. The van der Waals surface area contributed by atoms with Gasteiger partial charge in [-0.05, 0) is 12.8 Å². The summed E-state index contributed by atoms with van der Waals surface area (Å²) in [7, 11) is 0. The van der Waals surface area contributed by atoms with Gasteiger partial charge < -0.3 is 24.8 Å². The Labute approximate surface area is 174 Å². The van der Waals surface area contributed by atoms with E-state index in [1.807, 2.05) is 61.4 Å². The summed E-state index contributed by atoms with van der Waals surface area (Å²) in [4.78, 5) is 0. The zero-order valence-corrected chi connectivity index (χ0v) is 15.9. The quantitative estimate of drug-likeness (QED) is 0.190. The minimum Gasteiger partial charge on any atom is -1.00 e. The molecule has 0 atom stereocenters. The van der Waals surface area contributed by atoms with Crippen LogP contribution in [0.25, 0.3) is 0 Å². The van der Waals surface area contributed by atoms with Gasteiger partial charge in [0.05, 0.1) is 0 Å². The topological polar surface area (TPSA) is 0 Å². The van der Waals surface area contributed by atoms with E-state index in [1.54, 1.807) is 0 Å². The van der Waals surface area contributed by atoms with E-state index in [1.165, 1.54) is 0 Å². The molecule has 0 saturated carbocycles. The zero-order chi connectivity index (χ0) is 13.1. The van der Waals surface area contributed by atoms with E-state index in [4.69, 9.17) is 12.8 Å². The summed E-state index contributed by atoms with van der Waals surface area (Å²) in [5.41, 5.74) is 1.92. The zero-order valence-electron chi connectivity index (χ0n) is 11.3. The van der Waals surface area contributed by atoms with E-state index in [0.29, 0.717) is 0 Å². The first-order valence-electron chi connectivity index (χ1n) is 5.40. The Morgan fingerprint density at radius 2 is 1.00 bits per heavy atom. The molecule has 0 saturated heterocycles. The van der Waals surface area contributed by atoms with Crippen LogP contribution >= 0.6 is 0 Å². The Balaban J connectivity index is -0.000000125. The summed E-state index contributed by atoms with van der Waals surface area (Å²) in [5.74, 6) is 4.67. The molecule has 2 aliphatic rings. The molecule has 0 N–H and O–H groups in total. The molecule has 118 valence electrons. The maximum absolute atomic E-state index is 5.00. The van der Waals surface area contributed by atoms with Gasteiger partial charge in [0.2, 0.25) is 0 Å². The van der Waals surface area contributed by atoms with Crippen molar-refractivity contribution in [1.29, 1.82) is 0 Å². The molecule has 2 rings (SSSR count). The molecule has 0 bridgehead atoms. The molecule has 22 heavy (non-hydrogen) atoms. The van der Waals surface area contributed by atoms with Crippen LogP contribution in [0.15, 0.2) is 59.8 Å². The average Bonchev–Trinajstić information content (AvgIpc) is 2.43. The van der Waals surface area contributed by atoms with Crippen molar-refractivity contribution in [2.75, 3.05) is 0 Å². The molecule has 0 unspecified atom stereocenters. The molecule has 0 aliphatic heterocycles. The molecular weight excluding hydrogens is 500 g/mol. The summed E-state index contributed by atoms with van der Waals surface area (Å²) in [6.45, 7) is 0. The molecule has 0 aromatic heterocycles. The van der Waals surface area contributed by atoms with Crippen LogP contribution in [0.2, 0.25) is 0 Å². The van der Waals surface area contributed by atoms with Crippen LogP contribution in [0, 0.1) is 49.7 Å². The average molecular weight is 512 g/mol. The fraction of sp³-hybridized carbons (Fsp3) is 0. The van der Waals surface area contributed by atoms with Crippen molar-refractivity contribution in [2.24, 2.45) is 0 Å². The van der Waals surface area contributed by atoms with Gasteiger partial charge in [0.1, 0.15) is 0 Å². The number of hydrogen-bond acceptors (Lipinski definition) is 0. The van der Waals surface area contributed by atoms with Gasteiger partial charge in [0.15, 0.2) is 0 Å². The number of halogens is 2. The van der Waals surface area contributed by atoms with E-state index >= 15 is 0 Å². The van der Waals surface area contributed by atoms with Gasteiger partial charge in [-0.1, -0.05) is 24.3 Å². The molecule has 0 fully saturated rings. The molecule has 4 heteroatoms. The van der Waals surface area contributed by atoms with Crippen LogP contribution in [0.5, 0.6) is 0 Å². The van der Waals surface area contributed by atoms with E-state index < -0.39 is 0 Å². The number of allylic oxidation sites excluding steroid dienone is 12. The van der Waals surface area contributed by atoms with Crippen molar-refractivity contribution in [3.8, 4) is 24.7 Å². The predicted molar refractivity (Wildman–Crippen MR) is 76.3 cm³/mol. The first-order valence-corrected chi connectivity index (χ1v) is 5.40. The van der Waals surface area contributed by atoms with Crippen LogP contribution in [0.4, 0.5) is 0 Å². The molecule has 0 aromatic rings. The number of rotatable bonds is 0. The third-order valence-corrected chi connectivity index (χ3v) is 1.98. The second-order valence-corrected chi connectivity index (χ2v) is 3.27. The third kappa shape index (κ3) is 14.4. The monoisotopic (exact) mass is 510 g/mol. The van der Waals surface area contributed by atoms with Crippen LogP contribution in [-0.4, -0.2) is 0 Å². The van der Waals surface area contributed by atoms with Crippen LogP contribution in [-0.2, 0) is 40.8 Å². The van der Waals surface area contributed by atoms with Crippen molar-refractivity contribution in [2.45, 2.75) is 0 Å². The van der Waals surface area contributed by atoms with Gasteiger partial charge in [0, 0.05) is 0 Å². The predicted octanol–water partition coefficient (Wildman–Crippen LogP) is -2.64. The fourth-order valence-electron chi connectivity index (χ4n) is 1.21. The number of hydrogen-bond donors (Lipinski definition) is 0. The van der Waals surface area contributed by atoms with Gasteiger partial charge in [-0.15, -0.1) is 35.5 Å². The first kappa shape index (κ1) is 29.5. The van der Waals surface area contributed by atoms with Gasteiger partial charge in [-0.3, -0.25) is 12.8 Å². The summed E-state index contributed by atoms with van der Waals surface area (Å²) < 4.78 is 0. The van der Waals surface area contributed by atoms with Crippen molar-refractivity contribution >= 4 is 0 Å². The largest absolute Gasteiger partial charge is 2.00 e. The summed E-state index contributed by atoms with van der Waals surface area (Å²) in [6, 6.07) is 0. The Hall–Kier alpha value is -0.535. The summed E-state index contributed by atoms with van der Waals surface area (Å²) >= 11 is 0. The van der Waals surface area contributed by atoms with Crippen LogP contribution < -0.4 is 24.8 Å². The molecule has 0 amide bonds. The Kier molecular flexibility index (Phi) is 27.4. The number of terminal acetylenes is 2. The van der Waals surface area contributed by atoms with Crippen molar-refractivity contribution in [1.82, 2.24) is 0 Å². The second-order valence-electron chi connectivity index (χ2n) is 3.27. The van der Waals surface area contributed by atoms with Gasteiger partial charge >= 0.3 is 40.8 Å². The van der Waals surface area contributed by atoms with E-state index in [9.17, 15) is 0 Å². The molecule has 0 spiro atoms. The molecule has 2 radical (unpaired) electrons. The fourth-order valence-corrected chi connectivity index (χ4v) is 1.21. The van der Waals surface area contributed by atoms with E-state index in [-0.39, 0.29) is 65.7 Å². The molecule has 2 aliphatic carbocycles. The SMILES string of the molecule is C#C[C-]=C1[CH]C=CC=C1.C#C[C-]=C1[CH]C=CC=C1.[Cl-].[Cl-].[Pd+2].[Pd+2]. The van der Waals surface area contributed by atoms with Crippen LogP contribution in [0.1, 0.15) is 0 Å². The Bertz CT molecular complexity index is 486. The molecule has 0 heterocycles. The standard InChI is InChI=1S/2C9H6.2ClH.2Pd/c2*1-2-6-9-7-4-3-5-8-9;;;;/h2*1,3-5,7-8H;2*1H;;/q2*-1;;;2*+2/p-2. The van der Waals surface area contributed by atoms with Gasteiger partial charge in [-0.2, -0.15) is 12.2 Å². The van der Waals surface area contributed by atoms with Crippen molar-refractivity contribution in [3.05, 3.63) is 84.7 Å². The van der Waals surface area contributed by atoms with Crippen molar-refractivity contribution < 1.29 is 65.7 Å². The molecule has 0 aromatic carbocycles. The smallest absolute Gasteiger partial charge is 1.00 e. The van der Waals surface area contributed by atoms with Gasteiger partial charge in [-0.25, -0.2) is 11.8 Å². The summed E-state index contributed by atoms with van der Waals surface area (Å²) in [6.07, 6.45) is 34.7. The summed E-state index contributed by atoms with van der Waals surface area (Å²) in [5, 5.41) is 0. The Morgan fingerprint density at radius 1 is 0.636 bits per heavy atom. The van der Waals surface area contributed by atoms with Crippen molar-refractivity contribution in [3.63, 3.8) is 0 Å². The van der Waals surface area contributed by atoms with Gasteiger partial charge in [0.25, 0.3) is 0 Å². The van der Waals surface area contributed by atoms with E-state index in [0.717, 1.165) is 11.1 Å². The van der Waals surface area contributed by atoms with Crippen LogP contribution in [0.3, 0.4) is 0 Å². The molecular formula is C18H12Cl2Pd2. The minimum absolute atomic E-state index is 0. The molecule has 0 nitrogen and oxygen atoms in total. The Morgan fingerprint density at radius 3 is 1.23 bits per heavy atom.